The van der Waals surface area contributed by atoms with E-state index in [2.05, 4.69) is 10.6 Å². The van der Waals surface area contributed by atoms with Crippen LogP contribution >= 0.6 is 0 Å². The van der Waals surface area contributed by atoms with E-state index >= 15 is 0 Å². The molecule has 6 heteroatoms. The third kappa shape index (κ3) is 5.19. The van der Waals surface area contributed by atoms with Crippen LogP contribution in [-0.4, -0.2) is 37.9 Å². The normalized spacial score (nSPS) is 11.5. The van der Waals surface area contributed by atoms with Gasteiger partial charge in [-0.3, -0.25) is 14.4 Å². The molecule has 0 saturated heterocycles. The van der Waals surface area contributed by atoms with Crippen LogP contribution in [0.1, 0.15) is 22.8 Å². The average molecular weight is 278 g/mol. The maximum Gasteiger partial charge on any atom is 0.245 e. The topological polar surface area (TPSA) is 84.5 Å². The van der Waals surface area contributed by atoms with Crippen LogP contribution in [-0.2, 0) is 20.9 Å². The van der Waals surface area contributed by atoms with Crippen molar-refractivity contribution >= 4 is 18.1 Å². The molecule has 1 atom stereocenters. The molecular weight excluding hydrogens is 260 g/mol. The Hall–Kier alpha value is -2.21. The van der Waals surface area contributed by atoms with Crippen molar-refractivity contribution in [2.75, 3.05) is 13.7 Å². The van der Waals surface area contributed by atoms with Gasteiger partial charge in [0.15, 0.2) is 0 Å². The molecule has 1 rings (SSSR count). The molecule has 0 heterocycles. The number of benzene rings is 1. The zero-order chi connectivity index (χ0) is 15.0. The smallest absolute Gasteiger partial charge is 0.245 e. The van der Waals surface area contributed by atoms with Crippen LogP contribution in [0.4, 0.5) is 0 Å². The maximum absolute atomic E-state index is 11.9. The molecular formula is C14H18N2O4. The standard InChI is InChI=1S/C14H18N2O4/c1-10(18)16-13(9-20-2)14(19)15-7-11-3-5-12(8-17)6-4-11/h3-6,8,13H,7,9H2,1-2H3,(H,15,19)(H,16,18)/t13-/m0/s1. The van der Waals surface area contributed by atoms with Gasteiger partial charge in [0.05, 0.1) is 6.61 Å². The molecule has 0 aromatic heterocycles. The number of nitrogens with one attached hydrogen (secondary N) is 2. The van der Waals surface area contributed by atoms with Gasteiger partial charge in [0, 0.05) is 26.1 Å². The van der Waals surface area contributed by atoms with Crippen molar-refractivity contribution in [1.29, 1.82) is 0 Å². The summed E-state index contributed by atoms with van der Waals surface area (Å²) in [4.78, 5) is 33.4. The first-order valence-corrected chi connectivity index (χ1v) is 6.14. The lowest BCUT2D eigenvalue weighted by molar-refractivity contribution is -0.129. The van der Waals surface area contributed by atoms with Crippen LogP contribution in [0.25, 0.3) is 0 Å². The molecule has 0 bridgehead atoms. The molecule has 0 radical (unpaired) electrons. The summed E-state index contributed by atoms with van der Waals surface area (Å²) in [6.45, 7) is 1.77. The first-order chi connectivity index (χ1) is 9.56. The second-order valence-electron chi connectivity index (χ2n) is 4.29. The lowest BCUT2D eigenvalue weighted by atomic mass is 10.1. The number of ether oxygens (including phenoxy) is 1. The Kier molecular flexibility index (Phi) is 6.39. The monoisotopic (exact) mass is 278 g/mol. The Morgan fingerprint density at radius 3 is 2.45 bits per heavy atom. The number of aldehydes is 1. The number of hydrogen-bond acceptors (Lipinski definition) is 4. The van der Waals surface area contributed by atoms with Crippen molar-refractivity contribution in [2.24, 2.45) is 0 Å². The summed E-state index contributed by atoms with van der Waals surface area (Å²) in [7, 11) is 1.46. The van der Waals surface area contributed by atoms with Gasteiger partial charge in [-0.25, -0.2) is 0 Å². The molecule has 0 aliphatic heterocycles. The molecule has 0 saturated carbocycles. The maximum atomic E-state index is 11.9. The Labute approximate surface area is 117 Å². The summed E-state index contributed by atoms with van der Waals surface area (Å²) in [5.74, 6) is -0.612. The zero-order valence-corrected chi connectivity index (χ0v) is 11.5. The summed E-state index contributed by atoms with van der Waals surface area (Å²) >= 11 is 0. The molecule has 1 aromatic rings. The van der Waals surface area contributed by atoms with Crippen molar-refractivity contribution < 1.29 is 19.1 Å². The van der Waals surface area contributed by atoms with Crippen LogP contribution in [0, 0.1) is 0 Å². The first kappa shape index (κ1) is 15.8. The first-order valence-electron chi connectivity index (χ1n) is 6.14. The molecule has 20 heavy (non-hydrogen) atoms. The predicted molar refractivity (Wildman–Crippen MR) is 73.2 cm³/mol. The highest BCUT2D eigenvalue weighted by Crippen LogP contribution is 2.02. The summed E-state index contributed by atoms with van der Waals surface area (Å²) in [5, 5.41) is 5.22. The van der Waals surface area contributed by atoms with Crippen LogP contribution < -0.4 is 10.6 Å². The fraction of sp³-hybridized carbons (Fsp3) is 0.357. The molecule has 0 unspecified atom stereocenters. The van der Waals surface area contributed by atoms with Gasteiger partial charge in [-0.1, -0.05) is 24.3 Å². The number of hydrogen-bond donors (Lipinski definition) is 2. The molecule has 108 valence electrons. The van der Waals surface area contributed by atoms with Crippen molar-refractivity contribution in [2.45, 2.75) is 19.5 Å². The van der Waals surface area contributed by atoms with Gasteiger partial charge < -0.3 is 15.4 Å². The van der Waals surface area contributed by atoms with E-state index in [-0.39, 0.29) is 18.4 Å². The largest absolute Gasteiger partial charge is 0.382 e. The quantitative estimate of drug-likeness (QED) is 0.701. The van der Waals surface area contributed by atoms with Crippen molar-refractivity contribution in [3.63, 3.8) is 0 Å². The third-order valence-electron chi connectivity index (χ3n) is 2.61. The SMILES string of the molecule is COC[C@H](NC(C)=O)C(=O)NCc1ccc(C=O)cc1. The summed E-state index contributed by atoms with van der Waals surface area (Å²) in [6, 6.07) is 6.15. The van der Waals surface area contributed by atoms with E-state index in [9.17, 15) is 14.4 Å². The molecule has 2 N–H and O–H groups in total. The number of amides is 2. The second-order valence-corrected chi connectivity index (χ2v) is 4.29. The summed E-state index contributed by atoms with van der Waals surface area (Å²) in [6.07, 6.45) is 0.758. The van der Waals surface area contributed by atoms with Gasteiger partial charge in [0.1, 0.15) is 12.3 Å². The van der Waals surface area contributed by atoms with Gasteiger partial charge >= 0.3 is 0 Å². The van der Waals surface area contributed by atoms with E-state index in [1.165, 1.54) is 14.0 Å². The minimum Gasteiger partial charge on any atom is -0.382 e. The van der Waals surface area contributed by atoms with E-state index in [4.69, 9.17) is 4.74 Å². The number of carbonyl (C=O) groups is 3. The molecule has 2 amide bonds. The minimum atomic E-state index is -0.716. The fourth-order valence-corrected chi connectivity index (χ4v) is 1.62. The lowest BCUT2D eigenvalue weighted by Crippen LogP contribution is -2.48. The Balaban J connectivity index is 2.54. The van der Waals surface area contributed by atoms with Crippen molar-refractivity contribution in [3.8, 4) is 0 Å². The van der Waals surface area contributed by atoms with Crippen LogP contribution in [0.2, 0.25) is 0 Å². The zero-order valence-electron chi connectivity index (χ0n) is 11.5. The number of rotatable bonds is 7. The summed E-state index contributed by atoms with van der Waals surface area (Å²) < 4.78 is 4.89. The average Bonchev–Trinajstić information content (AvgIpc) is 2.44. The van der Waals surface area contributed by atoms with E-state index < -0.39 is 6.04 Å². The Morgan fingerprint density at radius 1 is 1.30 bits per heavy atom. The van der Waals surface area contributed by atoms with Crippen molar-refractivity contribution in [3.05, 3.63) is 35.4 Å². The molecule has 0 fully saturated rings. The van der Waals surface area contributed by atoms with Gasteiger partial charge in [0.25, 0.3) is 0 Å². The molecule has 0 aliphatic rings. The Bertz CT molecular complexity index is 471. The van der Waals surface area contributed by atoms with E-state index in [1.54, 1.807) is 24.3 Å². The van der Waals surface area contributed by atoms with Crippen molar-refractivity contribution in [1.82, 2.24) is 10.6 Å². The van der Waals surface area contributed by atoms with Gasteiger partial charge in [0.2, 0.25) is 11.8 Å². The van der Waals surface area contributed by atoms with Gasteiger partial charge in [-0.05, 0) is 5.56 Å². The molecule has 0 spiro atoms. The Morgan fingerprint density at radius 2 is 1.95 bits per heavy atom. The highest BCUT2D eigenvalue weighted by Gasteiger charge is 2.18. The van der Waals surface area contributed by atoms with Gasteiger partial charge in [-0.15, -0.1) is 0 Å². The number of carbonyl (C=O) groups excluding carboxylic acids is 3. The second kappa shape index (κ2) is 8.06. The highest BCUT2D eigenvalue weighted by atomic mass is 16.5. The minimum absolute atomic E-state index is 0.107. The molecule has 0 aliphatic carbocycles. The van der Waals surface area contributed by atoms with Gasteiger partial charge in [-0.2, -0.15) is 0 Å². The van der Waals surface area contributed by atoms with E-state index in [1.807, 2.05) is 0 Å². The number of methoxy groups -OCH3 is 1. The third-order valence-corrected chi connectivity index (χ3v) is 2.61. The predicted octanol–water partition coefficient (Wildman–Crippen LogP) is 0.266. The van der Waals surface area contributed by atoms with Crippen LogP contribution in [0.3, 0.4) is 0 Å². The van der Waals surface area contributed by atoms with E-state index in [0.29, 0.717) is 12.1 Å². The highest BCUT2D eigenvalue weighted by molar-refractivity contribution is 5.86. The summed E-state index contributed by atoms with van der Waals surface area (Å²) in [5.41, 5.74) is 1.44. The molecule has 6 nitrogen and oxygen atoms in total. The fourth-order valence-electron chi connectivity index (χ4n) is 1.62. The van der Waals surface area contributed by atoms with E-state index in [0.717, 1.165) is 11.8 Å². The van der Waals surface area contributed by atoms with Crippen LogP contribution in [0.5, 0.6) is 0 Å². The lowest BCUT2D eigenvalue weighted by Gasteiger charge is -2.16. The van der Waals surface area contributed by atoms with Crippen LogP contribution in [0.15, 0.2) is 24.3 Å². The molecule has 1 aromatic carbocycles.